The molecule has 3 heteroatoms. The first-order chi connectivity index (χ1) is 9.33. The van der Waals surface area contributed by atoms with Crippen molar-refractivity contribution < 1.29 is 4.42 Å². The van der Waals surface area contributed by atoms with Crippen LogP contribution in [-0.2, 0) is 6.42 Å². The van der Waals surface area contributed by atoms with Crippen LogP contribution in [0.4, 0.5) is 0 Å². The number of fused-ring (bicyclic) bond motifs is 1. The normalized spacial score (nSPS) is 18.2. The van der Waals surface area contributed by atoms with Crippen molar-refractivity contribution in [2.75, 3.05) is 19.6 Å². The summed E-state index contributed by atoms with van der Waals surface area (Å²) in [5, 5.41) is 1.27. The van der Waals surface area contributed by atoms with Gasteiger partial charge in [0.2, 0.25) is 0 Å². The maximum Gasteiger partial charge on any atom is 0.134 e. The highest BCUT2D eigenvalue weighted by molar-refractivity contribution is 5.80. The van der Waals surface area contributed by atoms with Crippen LogP contribution in [0.3, 0.4) is 0 Å². The summed E-state index contributed by atoms with van der Waals surface area (Å²) in [6.45, 7) is 3.49. The highest BCUT2D eigenvalue weighted by Crippen LogP contribution is 2.22. The van der Waals surface area contributed by atoms with Crippen molar-refractivity contribution in [2.24, 2.45) is 5.73 Å². The number of nitrogens with zero attached hydrogens (tertiary/aromatic N) is 1. The van der Waals surface area contributed by atoms with E-state index in [1.807, 2.05) is 18.4 Å². The molecule has 1 saturated heterocycles. The summed E-state index contributed by atoms with van der Waals surface area (Å²) in [5.41, 5.74) is 8.26. The van der Waals surface area contributed by atoms with Gasteiger partial charge in [-0.15, -0.1) is 0 Å². The number of aryl methyl sites for hydroxylation is 1. The molecular weight excluding hydrogens is 236 g/mol. The van der Waals surface area contributed by atoms with Crippen molar-refractivity contribution in [1.29, 1.82) is 0 Å². The van der Waals surface area contributed by atoms with E-state index in [-0.39, 0.29) is 0 Å². The van der Waals surface area contributed by atoms with Crippen molar-refractivity contribution in [3.05, 3.63) is 36.1 Å². The van der Waals surface area contributed by atoms with Crippen molar-refractivity contribution in [1.82, 2.24) is 4.90 Å². The molecular formula is C16H22N2O. The molecule has 0 atom stereocenters. The summed E-state index contributed by atoms with van der Waals surface area (Å²) < 4.78 is 5.58. The van der Waals surface area contributed by atoms with Gasteiger partial charge >= 0.3 is 0 Å². The number of nitrogens with two attached hydrogens (primary N) is 1. The molecule has 1 fully saturated rings. The Bertz CT molecular complexity index is 526. The van der Waals surface area contributed by atoms with Crippen LogP contribution in [0.15, 0.2) is 34.9 Å². The predicted molar refractivity (Wildman–Crippen MR) is 78.2 cm³/mol. The lowest BCUT2D eigenvalue weighted by Gasteiger charge is -2.29. The third-order valence-electron chi connectivity index (χ3n) is 4.11. The Morgan fingerprint density at radius 2 is 2.00 bits per heavy atom. The van der Waals surface area contributed by atoms with Gasteiger partial charge in [-0.25, -0.2) is 0 Å². The van der Waals surface area contributed by atoms with Gasteiger partial charge < -0.3 is 15.1 Å². The summed E-state index contributed by atoms with van der Waals surface area (Å²) in [7, 11) is 0. The molecule has 2 N–H and O–H groups in total. The number of para-hydroxylation sites is 1. The standard InChI is InChI=1S/C16H22N2O/c17-14-7-10-18(11-8-14)9-3-4-13-12-19-16-6-2-1-5-15(13)16/h1-2,5-6,12,14H,3-4,7-11,17H2. The number of hydrogen-bond donors (Lipinski definition) is 1. The second-order valence-corrected chi connectivity index (χ2v) is 5.54. The van der Waals surface area contributed by atoms with E-state index < -0.39 is 0 Å². The third kappa shape index (κ3) is 2.99. The van der Waals surface area contributed by atoms with E-state index >= 15 is 0 Å². The Morgan fingerprint density at radius 3 is 2.84 bits per heavy atom. The number of piperidine rings is 1. The number of likely N-dealkylation sites (tertiary alicyclic amines) is 1. The average molecular weight is 258 g/mol. The molecule has 1 aromatic carbocycles. The molecule has 3 rings (SSSR count). The van der Waals surface area contributed by atoms with Gasteiger partial charge in [0.1, 0.15) is 5.58 Å². The van der Waals surface area contributed by atoms with Gasteiger partial charge in [-0.05, 0) is 56.9 Å². The summed E-state index contributed by atoms with van der Waals surface area (Å²) in [6, 6.07) is 8.70. The first-order valence-corrected chi connectivity index (χ1v) is 7.26. The number of furan rings is 1. The molecule has 2 aromatic rings. The molecule has 0 radical (unpaired) electrons. The van der Waals surface area contributed by atoms with Gasteiger partial charge in [0.15, 0.2) is 0 Å². The predicted octanol–water partition coefficient (Wildman–Crippen LogP) is 2.79. The summed E-state index contributed by atoms with van der Waals surface area (Å²) >= 11 is 0. The lowest BCUT2D eigenvalue weighted by Crippen LogP contribution is -2.40. The maximum atomic E-state index is 5.93. The molecule has 0 bridgehead atoms. The largest absolute Gasteiger partial charge is 0.464 e. The first kappa shape index (κ1) is 12.7. The minimum absolute atomic E-state index is 0.425. The lowest BCUT2D eigenvalue weighted by molar-refractivity contribution is 0.211. The molecule has 0 unspecified atom stereocenters. The van der Waals surface area contributed by atoms with Gasteiger partial charge in [-0.2, -0.15) is 0 Å². The lowest BCUT2D eigenvalue weighted by atomic mass is 10.0. The molecule has 0 saturated carbocycles. The van der Waals surface area contributed by atoms with Crippen molar-refractivity contribution >= 4 is 11.0 Å². The number of hydrogen-bond acceptors (Lipinski definition) is 3. The van der Waals surface area contributed by atoms with Crippen LogP contribution in [0.5, 0.6) is 0 Å². The van der Waals surface area contributed by atoms with E-state index in [2.05, 4.69) is 17.0 Å². The summed E-state index contributed by atoms with van der Waals surface area (Å²) in [6.07, 6.45) is 6.50. The van der Waals surface area contributed by atoms with Crippen LogP contribution in [0.1, 0.15) is 24.8 Å². The van der Waals surface area contributed by atoms with Crippen molar-refractivity contribution in [3.8, 4) is 0 Å². The molecule has 1 aromatic heterocycles. The van der Waals surface area contributed by atoms with Crippen LogP contribution >= 0.6 is 0 Å². The highest BCUT2D eigenvalue weighted by Gasteiger charge is 2.15. The van der Waals surface area contributed by atoms with Gasteiger partial charge in [-0.3, -0.25) is 0 Å². The number of rotatable bonds is 4. The molecule has 1 aliphatic heterocycles. The number of benzene rings is 1. The second kappa shape index (κ2) is 5.76. The molecule has 0 aliphatic carbocycles. The van der Waals surface area contributed by atoms with Crippen LogP contribution in [0.25, 0.3) is 11.0 Å². The SMILES string of the molecule is NC1CCN(CCCc2coc3ccccc23)CC1. The Hall–Kier alpha value is -1.32. The second-order valence-electron chi connectivity index (χ2n) is 5.54. The topological polar surface area (TPSA) is 42.4 Å². The summed E-state index contributed by atoms with van der Waals surface area (Å²) in [5.74, 6) is 0. The van der Waals surface area contributed by atoms with E-state index in [0.29, 0.717) is 6.04 Å². The van der Waals surface area contributed by atoms with E-state index in [0.717, 1.165) is 37.9 Å². The zero-order valence-electron chi connectivity index (χ0n) is 11.3. The third-order valence-corrected chi connectivity index (χ3v) is 4.11. The fourth-order valence-corrected chi connectivity index (χ4v) is 2.90. The molecule has 3 nitrogen and oxygen atoms in total. The van der Waals surface area contributed by atoms with E-state index in [1.165, 1.54) is 23.9 Å². The Labute approximate surface area is 114 Å². The minimum Gasteiger partial charge on any atom is -0.464 e. The van der Waals surface area contributed by atoms with Gasteiger partial charge in [0.05, 0.1) is 6.26 Å². The van der Waals surface area contributed by atoms with Gasteiger partial charge in [0, 0.05) is 11.4 Å². The fourth-order valence-electron chi connectivity index (χ4n) is 2.90. The Kier molecular flexibility index (Phi) is 3.85. The van der Waals surface area contributed by atoms with Crippen LogP contribution in [0.2, 0.25) is 0 Å². The molecule has 2 heterocycles. The maximum absolute atomic E-state index is 5.93. The minimum atomic E-state index is 0.425. The fraction of sp³-hybridized carbons (Fsp3) is 0.500. The zero-order chi connectivity index (χ0) is 13.1. The van der Waals surface area contributed by atoms with Gasteiger partial charge in [0.25, 0.3) is 0 Å². The first-order valence-electron chi connectivity index (χ1n) is 7.26. The van der Waals surface area contributed by atoms with Crippen LogP contribution in [0, 0.1) is 0 Å². The molecule has 1 aliphatic rings. The van der Waals surface area contributed by atoms with Crippen molar-refractivity contribution in [2.45, 2.75) is 31.7 Å². The molecule has 19 heavy (non-hydrogen) atoms. The quantitative estimate of drug-likeness (QED) is 0.917. The van der Waals surface area contributed by atoms with Crippen LogP contribution < -0.4 is 5.73 Å². The Morgan fingerprint density at radius 1 is 1.21 bits per heavy atom. The van der Waals surface area contributed by atoms with Crippen LogP contribution in [-0.4, -0.2) is 30.6 Å². The monoisotopic (exact) mass is 258 g/mol. The van der Waals surface area contributed by atoms with E-state index in [9.17, 15) is 0 Å². The summed E-state index contributed by atoms with van der Waals surface area (Å²) in [4.78, 5) is 2.53. The average Bonchev–Trinajstić information content (AvgIpc) is 2.85. The molecule has 102 valence electrons. The zero-order valence-corrected chi connectivity index (χ0v) is 11.3. The molecule has 0 amide bonds. The van der Waals surface area contributed by atoms with Crippen molar-refractivity contribution in [3.63, 3.8) is 0 Å². The smallest absolute Gasteiger partial charge is 0.134 e. The van der Waals surface area contributed by atoms with Gasteiger partial charge in [-0.1, -0.05) is 18.2 Å². The molecule has 0 spiro atoms. The van der Waals surface area contributed by atoms with E-state index in [1.54, 1.807) is 0 Å². The highest BCUT2D eigenvalue weighted by atomic mass is 16.3. The van der Waals surface area contributed by atoms with E-state index in [4.69, 9.17) is 10.2 Å². The Balaban J connectivity index is 1.52.